The molecule has 0 saturated carbocycles. The first-order valence-electron chi connectivity index (χ1n) is 12.4. The molecule has 0 aromatic carbocycles. The number of unbranched alkanes of at least 4 members (excludes halogenated alkanes) is 11. The van der Waals surface area contributed by atoms with Crippen LogP contribution in [0.15, 0.2) is 0 Å². The first-order chi connectivity index (χ1) is 14.4. The summed E-state index contributed by atoms with van der Waals surface area (Å²) in [5.41, 5.74) is 3.06. The van der Waals surface area contributed by atoms with Crippen molar-refractivity contribution in [2.45, 2.75) is 96.8 Å². The van der Waals surface area contributed by atoms with E-state index >= 15 is 0 Å². The zero-order valence-corrected chi connectivity index (χ0v) is 22.6. The molecule has 0 aromatic rings. The Morgan fingerprint density at radius 1 is 0.806 bits per heavy atom. The van der Waals surface area contributed by atoms with Crippen molar-refractivity contribution in [3.8, 4) is 0 Å². The highest BCUT2D eigenvalue weighted by atomic mass is 127. The molecule has 1 heterocycles. The van der Waals surface area contributed by atoms with E-state index in [0.29, 0.717) is 30.9 Å². The standard InChI is InChI=1S/C24H47N3O3.HI/c1-4-5-6-7-8-9-10-11-12-13-14-15-20-27(2,3)25-23(28)16-17-24(29)26-18-21-30-22-19-26;/h4-22H2,1-3H3;1H. The molecule has 0 atom stereocenters. The van der Waals surface area contributed by atoms with Crippen LogP contribution >= 0.6 is 0 Å². The number of hydrogen-bond donors (Lipinski definition) is 1. The van der Waals surface area contributed by atoms with Crippen molar-refractivity contribution >= 4 is 11.8 Å². The monoisotopic (exact) mass is 553 g/mol. The number of hydrogen-bond acceptors (Lipinski definition) is 3. The Balaban J connectivity index is 0.00000900. The van der Waals surface area contributed by atoms with Crippen molar-refractivity contribution in [1.29, 1.82) is 0 Å². The highest BCUT2D eigenvalue weighted by molar-refractivity contribution is 5.83. The molecule has 0 radical (unpaired) electrons. The zero-order chi connectivity index (χ0) is 22.1. The van der Waals surface area contributed by atoms with Crippen molar-refractivity contribution in [1.82, 2.24) is 10.3 Å². The second-order valence-corrected chi connectivity index (χ2v) is 9.33. The number of nitrogens with one attached hydrogen (secondary N) is 1. The Labute approximate surface area is 208 Å². The lowest BCUT2D eigenvalue weighted by molar-refractivity contribution is -0.925. The Morgan fingerprint density at radius 2 is 1.29 bits per heavy atom. The average Bonchev–Trinajstić information content (AvgIpc) is 2.73. The van der Waals surface area contributed by atoms with Gasteiger partial charge in [-0.05, 0) is 12.8 Å². The van der Waals surface area contributed by atoms with Gasteiger partial charge in [0.05, 0.1) is 27.3 Å². The second kappa shape index (κ2) is 19.1. The Bertz CT molecular complexity index is 469. The topological polar surface area (TPSA) is 58.6 Å². The molecule has 1 rings (SSSR count). The SMILES string of the molecule is CCCCCCCCCCCCCC[N+](C)(C)NC(=O)CCC(=O)N1CCOCC1.[I-]. The molecule has 1 aliphatic heterocycles. The fourth-order valence-electron chi connectivity index (χ4n) is 3.99. The van der Waals surface area contributed by atoms with Crippen LogP contribution in [0.1, 0.15) is 96.8 Å². The maximum Gasteiger partial charge on any atom is 0.265 e. The van der Waals surface area contributed by atoms with Gasteiger partial charge in [-0.1, -0.05) is 71.1 Å². The Kier molecular flexibility index (Phi) is 18.8. The van der Waals surface area contributed by atoms with Crippen LogP contribution in [0.4, 0.5) is 0 Å². The number of nitrogens with zero attached hydrogens (tertiary/aromatic N) is 2. The van der Waals surface area contributed by atoms with Gasteiger partial charge >= 0.3 is 0 Å². The molecule has 1 saturated heterocycles. The fourth-order valence-corrected chi connectivity index (χ4v) is 3.99. The van der Waals surface area contributed by atoms with E-state index in [1.54, 1.807) is 4.90 Å². The van der Waals surface area contributed by atoms with E-state index in [1.165, 1.54) is 70.6 Å². The van der Waals surface area contributed by atoms with Crippen molar-refractivity contribution in [2.24, 2.45) is 0 Å². The number of halogens is 1. The van der Waals surface area contributed by atoms with Crippen molar-refractivity contribution < 1.29 is 42.9 Å². The van der Waals surface area contributed by atoms with Crippen LogP contribution in [0.25, 0.3) is 0 Å². The summed E-state index contributed by atoms with van der Waals surface area (Å²) >= 11 is 0. The third kappa shape index (κ3) is 16.8. The molecule has 184 valence electrons. The fraction of sp³-hybridized carbons (Fsp3) is 0.917. The van der Waals surface area contributed by atoms with Crippen LogP contribution in [-0.2, 0) is 14.3 Å². The van der Waals surface area contributed by atoms with Crippen LogP contribution in [0.3, 0.4) is 0 Å². The van der Waals surface area contributed by atoms with Gasteiger partial charge in [-0.15, -0.1) is 0 Å². The largest absolute Gasteiger partial charge is 1.00 e. The van der Waals surface area contributed by atoms with Crippen LogP contribution < -0.4 is 29.4 Å². The van der Waals surface area contributed by atoms with Crippen molar-refractivity contribution in [2.75, 3.05) is 46.9 Å². The zero-order valence-electron chi connectivity index (χ0n) is 20.4. The molecule has 1 N–H and O–H groups in total. The van der Waals surface area contributed by atoms with Crippen molar-refractivity contribution in [3.63, 3.8) is 0 Å². The van der Waals surface area contributed by atoms with E-state index in [1.807, 2.05) is 14.1 Å². The molecule has 0 unspecified atom stereocenters. The minimum absolute atomic E-state index is 0. The lowest BCUT2D eigenvalue weighted by atomic mass is 10.1. The summed E-state index contributed by atoms with van der Waals surface area (Å²) in [6, 6.07) is 0. The number of ether oxygens (including phenoxy) is 1. The summed E-state index contributed by atoms with van der Waals surface area (Å²) < 4.78 is 5.75. The van der Waals surface area contributed by atoms with Crippen molar-refractivity contribution in [3.05, 3.63) is 0 Å². The molecule has 31 heavy (non-hydrogen) atoms. The summed E-state index contributed by atoms with van der Waals surface area (Å²) in [4.78, 5) is 26.2. The summed E-state index contributed by atoms with van der Waals surface area (Å²) in [5, 5.41) is 0. The van der Waals surface area contributed by atoms with E-state index in [-0.39, 0.29) is 48.6 Å². The Hall–Kier alpha value is -0.410. The van der Waals surface area contributed by atoms with Gasteiger partial charge in [0.25, 0.3) is 5.91 Å². The highest BCUT2D eigenvalue weighted by Gasteiger charge is 2.21. The van der Waals surface area contributed by atoms with Gasteiger partial charge in [0.2, 0.25) is 5.91 Å². The average molecular weight is 554 g/mol. The van der Waals surface area contributed by atoms with Gasteiger partial charge in [-0.3, -0.25) is 9.59 Å². The summed E-state index contributed by atoms with van der Waals surface area (Å²) in [5.74, 6) is 0.0141. The molecular weight excluding hydrogens is 505 g/mol. The van der Waals surface area contributed by atoms with Crippen LogP contribution in [0.2, 0.25) is 0 Å². The van der Waals surface area contributed by atoms with Gasteiger partial charge in [0.15, 0.2) is 0 Å². The van der Waals surface area contributed by atoms with Crippen LogP contribution in [0, 0.1) is 0 Å². The second-order valence-electron chi connectivity index (χ2n) is 9.33. The van der Waals surface area contributed by atoms with Crippen LogP contribution in [-0.4, -0.2) is 68.2 Å². The highest BCUT2D eigenvalue weighted by Crippen LogP contribution is 2.12. The Morgan fingerprint density at radius 3 is 1.81 bits per heavy atom. The smallest absolute Gasteiger partial charge is 0.265 e. The van der Waals surface area contributed by atoms with Gasteiger partial charge in [-0.2, -0.15) is 0 Å². The number of amides is 2. The third-order valence-electron chi connectivity index (χ3n) is 5.93. The van der Waals surface area contributed by atoms with Gasteiger partial charge in [-0.25, -0.2) is 10.0 Å². The molecule has 2 amide bonds. The molecule has 1 fully saturated rings. The van der Waals surface area contributed by atoms with Crippen LogP contribution in [0.5, 0.6) is 0 Å². The minimum atomic E-state index is -0.0412. The number of carbonyl (C=O) groups is 2. The number of rotatable bonds is 17. The number of quaternary nitrogens is 1. The quantitative estimate of drug-likeness (QED) is 0.128. The number of morpholine rings is 1. The lowest BCUT2D eigenvalue weighted by Gasteiger charge is -2.29. The maximum atomic E-state index is 12.2. The van der Waals surface area contributed by atoms with E-state index < -0.39 is 0 Å². The predicted molar refractivity (Wildman–Crippen MR) is 123 cm³/mol. The molecule has 0 bridgehead atoms. The minimum Gasteiger partial charge on any atom is -1.00 e. The molecule has 0 aromatic heterocycles. The number of carbonyl (C=O) groups excluding carboxylic acids is 2. The maximum absolute atomic E-state index is 12.2. The first kappa shape index (κ1) is 30.6. The molecule has 0 spiro atoms. The molecule has 1 aliphatic rings. The third-order valence-corrected chi connectivity index (χ3v) is 5.93. The van der Waals surface area contributed by atoms with Gasteiger partial charge < -0.3 is 33.6 Å². The van der Waals surface area contributed by atoms with E-state index in [2.05, 4.69) is 12.3 Å². The first-order valence-corrected chi connectivity index (χ1v) is 12.4. The molecule has 0 aliphatic carbocycles. The summed E-state index contributed by atoms with van der Waals surface area (Å²) in [6.45, 7) is 5.67. The van der Waals surface area contributed by atoms with Gasteiger partial charge in [0, 0.05) is 25.9 Å². The molecular formula is C24H48IN3O3. The summed E-state index contributed by atoms with van der Waals surface area (Å²) in [6.07, 6.45) is 16.6. The van der Waals surface area contributed by atoms with E-state index in [0.717, 1.165) is 13.0 Å². The lowest BCUT2D eigenvalue weighted by Crippen LogP contribution is -3.00. The molecule has 6 nitrogen and oxygen atoms in total. The van der Waals surface area contributed by atoms with E-state index in [9.17, 15) is 9.59 Å². The summed E-state index contributed by atoms with van der Waals surface area (Å²) in [7, 11) is 4.06. The van der Waals surface area contributed by atoms with E-state index in [4.69, 9.17) is 4.74 Å². The normalized spacial score (nSPS) is 14.2. The molecule has 7 heteroatoms. The van der Waals surface area contributed by atoms with Gasteiger partial charge in [0.1, 0.15) is 6.54 Å². The predicted octanol–water partition coefficient (Wildman–Crippen LogP) is 1.44.